The van der Waals surface area contributed by atoms with E-state index in [0.717, 1.165) is 30.3 Å². The second-order valence-electron chi connectivity index (χ2n) is 4.55. The van der Waals surface area contributed by atoms with E-state index < -0.39 is 0 Å². The number of alkyl halides is 1. The zero-order valence-electron chi connectivity index (χ0n) is 9.63. The average molecular weight is 306 g/mol. The molecule has 1 aliphatic carbocycles. The third kappa shape index (κ3) is 3.01. The molecule has 1 atom stereocenters. The van der Waals surface area contributed by atoms with Gasteiger partial charge in [-0.2, -0.15) is 5.10 Å². The van der Waals surface area contributed by atoms with Gasteiger partial charge in [0.15, 0.2) is 0 Å². The Hall–Kier alpha value is -0.0200. The van der Waals surface area contributed by atoms with Crippen LogP contribution in [0.2, 0.25) is 5.02 Å². The summed E-state index contributed by atoms with van der Waals surface area (Å²) in [4.78, 5) is 0.661. The number of hydrogen-bond donors (Lipinski definition) is 0. The molecule has 4 heteroatoms. The smallest absolute Gasteiger partial charge is 0.0817 e. The number of rotatable bonds is 6. The molecule has 0 saturated heterocycles. The summed E-state index contributed by atoms with van der Waals surface area (Å²) in [5, 5.41) is 5.14. The highest BCUT2D eigenvalue weighted by Crippen LogP contribution is 2.38. The van der Waals surface area contributed by atoms with Crippen LogP contribution in [-0.4, -0.2) is 14.6 Å². The summed E-state index contributed by atoms with van der Waals surface area (Å²) < 4.78 is 2.05. The van der Waals surface area contributed by atoms with Gasteiger partial charge in [-0.3, -0.25) is 4.68 Å². The lowest BCUT2D eigenvalue weighted by Gasteiger charge is -2.10. The van der Waals surface area contributed by atoms with Crippen molar-refractivity contribution in [3.05, 3.63) is 16.9 Å². The van der Waals surface area contributed by atoms with Crippen LogP contribution >= 0.6 is 27.5 Å². The van der Waals surface area contributed by atoms with Crippen LogP contribution in [0.5, 0.6) is 0 Å². The Balaban J connectivity index is 1.93. The van der Waals surface area contributed by atoms with Gasteiger partial charge in [0.25, 0.3) is 0 Å². The van der Waals surface area contributed by atoms with Crippen LogP contribution in [0.25, 0.3) is 0 Å². The minimum Gasteiger partial charge on any atom is -0.268 e. The van der Waals surface area contributed by atoms with Gasteiger partial charge in [-0.25, -0.2) is 0 Å². The Morgan fingerprint density at radius 1 is 1.62 bits per heavy atom. The maximum absolute atomic E-state index is 6.16. The second kappa shape index (κ2) is 5.54. The maximum Gasteiger partial charge on any atom is 0.0817 e. The molecule has 0 aromatic carbocycles. The van der Waals surface area contributed by atoms with Crippen molar-refractivity contribution in [2.24, 2.45) is 5.92 Å². The van der Waals surface area contributed by atoms with Gasteiger partial charge in [-0.15, -0.1) is 0 Å². The highest BCUT2D eigenvalue weighted by Gasteiger charge is 2.29. The highest BCUT2D eigenvalue weighted by atomic mass is 79.9. The van der Waals surface area contributed by atoms with Gasteiger partial charge in [0.1, 0.15) is 0 Å². The van der Waals surface area contributed by atoms with Crippen LogP contribution in [0, 0.1) is 5.92 Å². The monoisotopic (exact) mass is 304 g/mol. The van der Waals surface area contributed by atoms with Gasteiger partial charge in [-0.1, -0.05) is 34.5 Å². The third-order valence-corrected chi connectivity index (χ3v) is 4.64. The van der Waals surface area contributed by atoms with Crippen LogP contribution < -0.4 is 0 Å². The second-order valence-corrected chi connectivity index (χ2v) is 6.14. The molecule has 0 amide bonds. The molecule has 0 bridgehead atoms. The van der Waals surface area contributed by atoms with E-state index >= 15 is 0 Å². The molecule has 0 radical (unpaired) electrons. The summed E-state index contributed by atoms with van der Waals surface area (Å²) >= 11 is 9.93. The Labute approximate surface area is 110 Å². The van der Waals surface area contributed by atoms with Gasteiger partial charge in [0.2, 0.25) is 0 Å². The Morgan fingerprint density at radius 2 is 2.38 bits per heavy atom. The standard InChI is InChI=1S/C12H18BrClN2/c1-2-7-16-12(11(14)8-15-16)6-5-10(13)9-3-4-9/h8-10H,2-7H2,1H3. The van der Waals surface area contributed by atoms with Gasteiger partial charge in [0.05, 0.1) is 16.9 Å². The maximum atomic E-state index is 6.16. The largest absolute Gasteiger partial charge is 0.268 e. The third-order valence-electron chi connectivity index (χ3n) is 3.12. The Morgan fingerprint density at radius 3 is 3.00 bits per heavy atom. The van der Waals surface area contributed by atoms with E-state index in [9.17, 15) is 0 Å². The average Bonchev–Trinajstić information content (AvgIpc) is 3.04. The van der Waals surface area contributed by atoms with E-state index in [2.05, 4.69) is 32.6 Å². The van der Waals surface area contributed by atoms with Crippen molar-refractivity contribution in [3.8, 4) is 0 Å². The van der Waals surface area contributed by atoms with Gasteiger partial charge in [0, 0.05) is 11.4 Å². The Bertz CT molecular complexity index is 347. The first kappa shape index (κ1) is 12.4. The molecule has 0 aliphatic heterocycles. The fourth-order valence-electron chi connectivity index (χ4n) is 2.01. The van der Waals surface area contributed by atoms with E-state index in [4.69, 9.17) is 11.6 Å². The fourth-order valence-corrected chi connectivity index (χ4v) is 3.00. The topological polar surface area (TPSA) is 17.8 Å². The van der Waals surface area contributed by atoms with Crippen molar-refractivity contribution in [2.45, 2.75) is 50.4 Å². The molecule has 2 rings (SSSR count). The molecule has 0 N–H and O–H groups in total. The number of aromatic nitrogens is 2. The summed E-state index contributed by atoms with van der Waals surface area (Å²) in [6.45, 7) is 3.13. The summed E-state index contributed by atoms with van der Waals surface area (Å²) in [5.41, 5.74) is 1.20. The van der Waals surface area contributed by atoms with E-state index in [-0.39, 0.29) is 0 Å². The van der Waals surface area contributed by atoms with Crippen molar-refractivity contribution in [2.75, 3.05) is 0 Å². The van der Waals surface area contributed by atoms with E-state index in [1.807, 2.05) is 0 Å². The van der Waals surface area contributed by atoms with Gasteiger partial charge in [-0.05, 0) is 38.0 Å². The molecule has 2 nitrogen and oxygen atoms in total. The van der Waals surface area contributed by atoms with Gasteiger partial charge >= 0.3 is 0 Å². The molecule has 1 unspecified atom stereocenters. The molecule has 1 saturated carbocycles. The lowest BCUT2D eigenvalue weighted by atomic mass is 10.1. The summed E-state index contributed by atoms with van der Waals surface area (Å²) in [7, 11) is 0. The molecule has 0 spiro atoms. The van der Waals surface area contributed by atoms with Crippen LogP contribution in [-0.2, 0) is 13.0 Å². The summed E-state index contributed by atoms with van der Waals surface area (Å²) in [5.74, 6) is 0.904. The lowest BCUT2D eigenvalue weighted by molar-refractivity contribution is 0.561. The molecular weight excluding hydrogens is 288 g/mol. The number of hydrogen-bond acceptors (Lipinski definition) is 1. The zero-order chi connectivity index (χ0) is 11.5. The molecule has 1 aliphatic rings. The van der Waals surface area contributed by atoms with Crippen molar-refractivity contribution in [1.82, 2.24) is 9.78 Å². The summed E-state index contributed by atoms with van der Waals surface area (Å²) in [6, 6.07) is 0. The Kier molecular flexibility index (Phi) is 4.31. The van der Waals surface area contributed by atoms with Gasteiger partial charge < -0.3 is 0 Å². The van der Waals surface area contributed by atoms with Crippen molar-refractivity contribution in [3.63, 3.8) is 0 Å². The molecular formula is C12H18BrClN2. The van der Waals surface area contributed by atoms with E-state index in [1.54, 1.807) is 6.20 Å². The first-order chi connectivity index (χ1) is 7.72. The summed E-state index contributed by atoms with van der Waals surface area (Å²) in [6.07, 6.45) is 7.85. The normalized spacial score (nSPS) is 17.7. The molecule has 1 aromatic heterocycles. The quantitative estimate of drug-likeness (QED) is 0.725. The highest BCUT2D eigenvalue weighted by molar-refractivity contribution is 9.09. The predicted molar refractivity (Wildman–Crippen MR) is 71.3 cm³/mol. The SMILES string of the molecule is CCCn1ncc(Cl)c1CCC(Br)C1CC1. The molecule has 1 fully saturated rings. The minimum atomic E-state index is 0.661. The first-order valence-corrected chi connectivity index (χ1v) is 7.36. The number of halogens is 2. The first-order valence-electron chi connectivity index (χ1n) is 6.06. The minimum absolute atomic E-state index is 0.661. The van der Waals surface area contributed by atoms with Crippen molar-refractivity contribution < 1.29 is 0 Å². The fraction of sp³-hybridized carbons (Fsp3) is 0.750. The zero-order valence-corrected chi connectivity index (χ0v) is 12.0. The molecule has 1 heterocycles. The van der Waals surface area contributed by atoms with Crippen LogP contribution in [0.15, 0.2) is 6.20 Å². The lowest BCUT2D eigenvalue weighted by Crippen LogP contribution is -2.08. The van der Waals surface area contributed by atoms with Crippen LogP contribution in [0.4, 0.5) is 0 Å². The van der Waals surface area contributed by atoms with E-state index in [1.165, 1.54) is 25.0 Å². The molecule has 1 aromatic rings. The number of nitrogens with zero attached hydrogens (tertiary/aromatic N) is 2. The van der Waals surface area contributed by atoms with E-state index in [0.29, 0.717) is 4.83 Å². The number of aryl methyl sites for hydroxylation is 1. The van der Waals surface area contributed by atoms with Crippen molar-refractivity contribution in [1.29, 1.82) is 0 Å². The van der Waals surface area contributed by atoms with Crippen LogP contribution in [0.1, 0.15) is 38.3 Å². The van der Waals surface area contributed by atoms with Crippen molar-refractivity contribution >= 4 is 27.5 Å². The molecule has 90 valence electrons. The van der Waals surface area contributed by atoms with Crippen LogP contribution in [0.3, 0.4) is 0 Å². The molecule has 16 heavy (non-hydrogen) atoms. The predicted octanol–water partition coefficient (Wildman–Crippen LogP) is 4.05.